The molecule has 0 amide bonds. The summed E-state index contributed by atoms with van der Waals surface area (Å²) in [4.78, 5) is 0. The maximum Gasteiger partial charge on any atom is 0.123 e. The Bertz CT molecular complexity index is 546. The van der Waals surface area contributed by atoms with Gasteiger partial charge in [0.05, 0.1) is 6.61 Å². The van der Waals surface area contributed by atoms with Gasteiger partial charge >= 0.3 is 0 Å². The largest absolute Gasteiger partial charge is 0.381 e. The third kappa shape index (κ3) is 2.96. The smallest absolute Gasteiger partial charge is 0.123 e. The van der Waals surface area contributed by atoms with Crippen molar-refractivity contribution in [1.29, 1.82) is 0 Å². The fourth-order valence-corrected chi connectivity index (χ4v) is 2.62. The minimum Gasteiger partial charge on any atom is -0.381 e. The first-order chi connectivity index (χ1) is 9.33. The van der Waals surface area contributed by atoms with E-state index in [0.717, 1.165) is 43.8 Å². The molecule has 3 nitrogen and oxygen atoms in total. The first kappa shape index (κ1) is 12.6. The molecule has 1 unspecified atom stereocenters. The van der Waals surface area contributed by atoms with Crippen LogP contribution in [0.1, 0.15) is 6.42 Å². The highest BCUT2D eigenvalue weighted by molar-refractivity contribution is 5.80. The third-order valence-corrected chi connectivity index (χ3v) is 3.72. The van der Waals surface area contributed by atoms with Crippen molar-refractivity contribution in [3.63, 3.8) is 0 Å². The van der Waals surface area contributed by atoms with Crippen LogP contribution in [-0.2, 0) is 11.3 Å². The Balaban J connectivity index is 1.53. The number of rotatable bonds is 5. The van der Waals surface area contributed by atoms with Crippen LogP contribution >= 0.6 is 0 Å². The molecule has 2 heterocycles. The number of hydrogen-bond donors (Lipinski definition) is 1. The van der Waals surface area contributed by atoms with Crippen LogP contribution in [0.2, 0.25) is 0 Å². The zero-order valence-electron chi connectivity index (χ0n) is 10.9. The summed E-state index contributed by atoms with van der Waals surface area (Å²) < 4.78 is 20.6. The second-order valence-electron chi connectivity index (χ2n) is 5.15. The van der Waals surface area contributed by atoms with Gasteiger partial charge in [0.1, 0.15) is 5.82 Å². The van der Waals surface area contributed by atoms with E-state index in [-0.39, 0.29) is 5.82 Å². The predicted octanol–water partition coefficient (Wildman–Crippen LogP) is 2.41. The van der Waals surface area contributed by atoms with Crippen LogP contribution in [0.5, 0.6) is 0 Å². The number of aromatic nitrogens is 1. The summed E-state index contributed by atoms with van der Waals surface area (Å²) in [7, 11) is 0. The molecule has 0 bridgehead atoms. The molecule has 0 saturated carbocycles. The van der Waals surface area contributed by atoms with Gasteiger partial charge in [-0.1, -0.05) is 0 Å². The minimum atomic E-state index is -0.176. The van der Waals surface area contributed by atoms with E-state index in [1.54, 1.807) is 6.07 Å². The van der Waals surface area contributed by atoms with Crippen molar-refractivity contribution in [1.82, 2.24) is 9.88 Å². The zero-order chi connectivity index (χ0) is 13.1. The number of nitrogens with zero attached hydrogens (tertiary/aromatic N) is 1. The van der Waals surface area contributed by atoms with E-state index in [1.165, 1.54) is 12.5 Å². The molecule has 0 spiro atoms. The Morgan fingerprint density at radius 1 is 1.37 bits per heavy atom. The standard InChI is InChI=1S/C15H19FN2O/c16-14-1-2-15-13(9-14)3-6-18(15)7-5-17-10-12-4-8-19-11-12/h1-3,6,9,12,17H,4-5,7-8,10-11H2. The monoisotopic (exact) mass is 262 g/mol. The summed E-state index contributed by atoms with van der Waals surface area (Å²) in [6.07, 6.45) is 3.18. The van der Waals surface area contributed by atoms with E-state index < -0.39 is 0 Å². The molecule has 1 aromatic carbocycles. The molecule has 1 aromatic heterocycles. The van der Waals surface area contributed by atoms with Gasteiger partial charge in [0.2, 0.25) is 0 Å². The van der Waals surface area contributed by atoms with E-state index in [9.17, 15) is 4.39 Å². The van der Waals surface area contributed by atoms with Crippen LogP contribution in [0.3, 0.4) is 0 Å². The van der Waals surface area contributed by atoms with Crippen molar-refractivity contribution in [3.05, 3.63) is 36.3 Å². The lowest BCUT2D eigenvalue weighted by Crippen LogP contribution is -2.26. The van der Waals surface area contributed by atoms with Crippen LogP contribution in [-0.4, -0.2) is 30.9 Å². The van der Waals surface area contributed by atoms with E-state index >= 15 is 0 Å². The van der Waals surface area contributed by atoms with Crippen LogP contribution in [0.15, 0.2) is 30.5 Å². The normalized spacial score (nSPS) is 19.3. The second-order valence-corrected chi connectivity index (χ2v) is 5.15. The Labute approximate surface area is 112 Å². The summed E-state index contributed by atoms with van der Waals surface area (Å²) in [5.74, 6) is 0.486. The van der Waals surface area contributed by atoms with E-state index in [1.807, 2.05) is 18.3 Å². The van der Waals surface area contributed by atoms with E-state index in [0.29, 0.717) is 5.92 Å². The van der Waals surface area contributed by atoms with Gasteiger partial charge in [-0.05, 0) is 36.6 Å². The zero-order valence-corrected chi connectivity index (χ0v) is 10.9. The molecule has 1 aliphatic rings. The molecule has 1 fully saturated rings. The molecular weight excluding hydrogens is 243 g/mol. The summed E-state index contributed by atoms with van der Waals surface area (Å²) >= 11 is 0. The highest BCUT2D eigenvalue weighted by Gasteiger charge is 2.14. The highest BCUT2D eigenvalue weighted by Crippen LogP contribution is 2.16. The Morgan fingerprint density at radius 2 is 2.32 bits per heavy atom. The molecule has 1 aliphatic heterocycles. The maximum atomic E-state index is 13.1. The molecule has 4 heteroatoms. The van der Waals surface area contributed by atoms with Gasteiger partial charge in [0, 0.05) is 43.3 Å². The van der Waals surface area contributed by atoms with Crippen LogP contribution in [0.25, 0.3) is 10.9 Å². The molecule has 1 atom stereocenters. The summed E-state index contributed by atoms with van der Waals surface area (Å²) in [5, 5.41) is 4.43. The lowest BCUT2D eigenvalue weighted by Gasteiger charge is -2.10. The fourth-order valence-electron chi connectivity index (χ4n) is 2.62. The molecule has 3 rings (SSSR count). The van der Waals surface area contributed by atoms with Gasteiger partial charge in [-0.2, -0.15) is 0 Å². The predicted molar refractivity (Wildman–Crippen MR) is 73.7 cm³/mol. The van der Waals surface area contributed by atoms with Crippen LogP contribution in [0, 0.1) is 11.7 Å². The van der Waals surface area contributed by atoms with Crippen molar-refractivity contribution in [2.45, 2.75) is 13.0 Å². The molecule has 2 aromatic rings. The SMILES string of the molecule is Fc1ccc2c(ccn2CCNCC2CCOC2)c1. The number of hydrogen-bond acceptors (Lipinski definition) is 2. The van der Waals surface area contributed by atoms with Crippen molar-refractivity contribution in [3.8, 4) is 0 Å². The Hall–Kier alpha value is -1.39. The van der Waals surface area contributed by atoms with Gasteiger partial charge in [-0.25, -0.2) is 4.39 Å². The number of nitrogens with one attached hydrogen (secondary N) is 1. The molecule has 1 saturated heterocycles. The fraction of sp³-hybridized carbons (Fsp3) is 0.467. The number of halogens is 1. The lowest BCUT2D eigenvalue weighted by atomic mass is 10.1. The topological polar surface area (TPSA) is 26.2 Å². The maximum absolute atomic E-state index is 13.1. The average Bonchev–Trinajstić information content (AvgIpc) is 3.03. The van der Waals surface area contributed by atoms with Crippen LogP contribution < -0.4 is 5.32 Å². The Morgan fingerprint density at radius 3 is 3.16 bits per heavy atom. The molecule has 1 N–H and O–H groups in total. The van der Waals surface area contributed by atoms with Gasteiger partial charge < -0.3 is 14.6 Å². The molecule has 19 heavy (non-hydrogen) atoms. The molecular formula is C15H19FN2O. The van der Waals surface area contributed by atoms with Crippen molar-refractivity contribution < 1.29 is 9.13 Å². The first-order valence-corrected chi connectivity index (χ1v) is 6.86. The summed E-state index contributed by atoms with van der Waals surface area (Å²) in [5.41, 5.74) is 1.09. The number of benzene rings is 1. The molecule has 0 aliphatic carbocycles. The average molecular weight is 262 g/mol. The lowest BCUT2D eigenvalue weighted by molar-refractivity contribution is 0.185. The first-order valence-electron chi connectivity index (χ1n) is 6.86. The number of ether oxygens (including phenoxy) is 1. The van der Waals surface area contributed by atoms with Gasteiger partial charge in [-0.3, -0.25) is 0 Å². The van der Waals surface area contributed by atoms with Gasteiger partial charge in [-0.15, -0.1) is 0 Å². The molecule has 102 valence electrons. The Kier molecular flexibility index (Phi) is 3.80. The van der Waals surface area contributed by atoms with E-state index in [4.69, 9.17) is 4.74 Å². The summed E-state index contributed by atoms with van der Waals surface area (Å²) in [6, 6.07) is 6.90. The minimum absolute atomic E-state index is 0.176. The van der Waals surface area contributed by atoms with Crippen molar-refractivity contribution in [2.75, 3.05) is 26.3 Å². The number of fused-ring (bicyclic) bond motifs is 1. The van der Waals surface area contributed by atoms with Gasteiger partial charge in [0.25, 0.3) is 0 Å². The van der Waals surface area contributed by atoms with E-state index in [2.05, 4.69) is 9.88 Å². The third-order valence-electron chi connectivity index (χ3n) is 3.72. The van der Waals surface area contributed by atoms with Crippen molar-refractivity contribution in [2.24, 2.45) is 5.92 Å². The van der Waals surface area contributed by atoms with Crippen LogP contribution in [0.4, 0.5) is 4.39 Å². The van der Waals surface area contributed by atoms with Crippen molar-refractivity contribution >= 4 is 10.9 Å². The summed E-state index contributed by atoms with van der Waals surface area (Å²) in [6.45, 7) is 4.65. The van der Waals surface area contributed by atoms with Gasteiger partial charge in [0.15, 0.2) is 0 Å². The molecule has 0 radical (unpaired) electrons. The second kappa shape index (κ2) is 5.72. The highest BCUT2D eigenvalue weighted by atomic mass is 19.1. The quantitative estimate of drug-likeness (QED) is 0.837.